The van der Waals surface area contributed by atoms with Crippen molar-refractivity contribution in [2.75, 3.05) is 14.7 Å². The first-order chi connectivity index (χ1) is 34.6. The van der Waals surface area contributed by atoms with Gasteiger partial charge in [-0.1, -0.05) is 188 Å². The SMILES string of the molecule is [3H]c1cccc(N(c2ccc(-c3ccc(N(c4ccccc4)c4ccc(-c5ccccc5)cc4)cc3)cc2)c2ccc(-c3ccc(N(c4ccccc4)c4ccc(-c5ccccc5)cc4)cc3)cc2)c1. The smallest absolute Gasteiger partial charge is 0.0623 e. The third kappa shape index (κ3) is 9.31. The predicted octanol–water partition coefficient (Wildman–Crippen LogP) is 18.8. The second kappa shape index (κ2) is 19.7. The molecule has 0 aromatic heterocycles. The third-order valence-corrected chi connectivity index (χ3v) is 12.6. The molecule has 0 amide bonds. The van der Waals surface area contributed by atoms with Gasteiger partial charge in [0.15, 0.2) is 0 Å². The van der Waals surface area contributed by atoms with E-state index in [1.807, 2.05) is 18.2 Å². The monoisotopic (exact) mass is 885 g/mol. The fourth-order valence-electron chi connectivity index (χ4n) is 9.10. The first kappa shape index (κ1) is 41.3. The van der Waals surface area contributed by atoms with E-state index in [9.17, 15) is 0 Å². The molecule has 0 spiro atoms. The van der Waals surface area contributed by atoms with E-state index in [2.05, 4.69) is 288 Å². The normalized spacial score (nSPS) is 11.1. The van der Waals surface area contributed by atoms with Crippen LogP contribution < -0.4 is 14.7 Å². The highest BCUT2D eigenvalue weighted by molar-refractivity contribution is 5.84. The lowest BCUT2D eigenvalue weighted by atomic mass is 10.0. The van der Waals surface area contributed by atoms with Crippen molar-refractivity contribution < 1.29 is 1.37 Å². The fourth-order valence-corrected chi connectivity index (χ4v) is 9.10. The fraction of sp³-hybridized carbons (Fsp3) is 0. The van der Waals surface area contributed by atoms with Crippen LogP contribution in [-0.4, -0.2) is 0 Å². The second-order valence-electron chi connectivity index (χ2n) is 17.0. The summed E-state index contributed by atoms with van der Waals surface area (Å²) in [5, 5.41) is 0. The maximum absolute atomic E-state index is 8.52. The van der Waals surface area contributed by atoms with E-state index in [1.165, 1.54) is 22.3 Å². The zero-order valence-electron chi connectivity index (χ0n) is 39.1. The Labute approximate surface area is 407 Å². The molecule has 0 aliphatic heterocycles. The van der Waals surface area contributed by atoms with Gasteiger partial charge in [0.05, 0.1) is 1.37 Å². The van der Waals surface area contributed by atoms with Gasteiger partial charge in [0, 0.05) is 51.2 Å². The molecule has 0 N–H and O–H groups in total. The van der Waals surface area contributed by atoms with E-state index < -0.39 is 0 Å². The molecule has 0 atom stereocenters. The van der Waals surface area contributed by atoms with Crippen LogP contribution in [0.1, 0.15) is 1.37 Å². The van der Waals surface area contributed by atoms with Gasteiger partial charge in [-0.15, -0.1) is 0 Å². The van der Waals surface area contributed by atoms with E-state index in [0.717, 1.165) is 73.4 Å². The summed E-state index contributed by atoms with van der Waals surface area (Å²) in [6.07, 6.45) is 0. The van der Waals surface area contributed by atoms with E-state index in [0.29, 0.717) is 6.04 Å². The maximum atomic E-state index is 8.52. The summed E-state index contributed by atoms with van der Waals surface area (Å²) >= 11 is 0. The zero-order valence-corrected chi connectivity index (χ0v) is 38.1. The first-order valence-corrected chi connectivity index (χ1v) is 23.4. The number of para-hydroxylation sites is 3. The summed E-state index contributed by atoms with van der Waals surface area (Å²) in [5.74, 6) is 0. The van der Waals surface area contributed by atoms with Gasteiger partial charge in [0.1, 0.15) is 0 Å². The summed E-state index contributed by atoms with van der Waals surface area (Å²) in [6.45, 7) is 0. The quantitative estimate of drug-likeness (QED) is 0.114. The summed E-state index contributed by atoms with van der Waals surface area (Å²) in [4.78, 5) is 6.82. The van der Waals surface area contributed by atoms with Gasteiger partial charge in [-0.05, 0) is 154 Å². The Bertz CT molecular complexity index is 3210. The highest BCUT2D eigenvalue weighted by Crippen LogP contribution is 2.41. The van der Waals surface area contributed by atoms with E-state index in [-0.39, 0.29) is 0 Å². The topological polar surface area (TPSA) is 9.72 Å². The molecule has 0 aliphatic carbocycles. The average Bonchev–Trinajstić information content (AvgIpc) is 3.43. The van der Waals surface area contributed by atoms with Crippen LogP contribution in [0.4, 0.5) is 51.2 Å². The summed E-state index contributed by atoms with van der Waals surface area (Å²) in [7, 11) is 0. The van der Waals surface area contributed by atoms with Crippen molar-refractivity contribution in [2.45, 2.75) is 0 Å². The van der Waals surface area contributed by atoms with E-state index in [1.54, 1.807) is 0 Å². The van der Waals surface area contributed by atoms with Crippen LogP contribution in [0.5, 0.6) is 0 Å². The molecular formula is C66H49N3. The molecule has 0 heterocycles. The van der Waals surface area contributed by atoms with Gasteiger partial charge >= 0.3 is 0 Å². The average molecular weight is 886 g/mol. The molecule has 0 unspecified atom stereocenters. The summed E-state index contributed by atoms with van der Waals surface area (Å²) in [6, 6.07) is 103. The molecule has 69 heavy (non-hydrogen) atoms. The molecule has 11 rings (SSSR count). The van der Waals surface area contributed by atoms with Gasteiger partial charge < -0.3 is 14.7 Å². The Morgan fingerprint density at radius 3 is 0.565 bits per heavy atom. The minimum atomic E-state index is 0.462. The molecule has 0 saturated carbocycles. The number of rotatable bonds is 13. The molecule has 0 radical (unpaired) electrons. The number of hydrogen-bond donors (Lipinski definition) is 0. The molecule has 11 aromatic rings. The van der Waals surface area contributed by atoms with Gasteiger partial charge in [-0.2, -0.15) is 0 Å². The van der Waals surface area contributed by atoms with Gasteiger partial charge in [0.2, 0.25) is 0 Å². The van der Waals surface area contributed by atoms with Gasteiger partial charge in [-0.3, -0.25) is 0 Å². The molecule has 0 saturated heterocycles. The lowest BCUT2D eigenvalue weighted by Crippen LogP contribution is -2.10. The molecule has 0 aliphatic rings. The Balaban J connectivity index is 0.844. The van der Waals surface area contributed by atoms with Crippen molar-refractivity contribution in [3.63, 3.8) is 0 Å². The van der Waals surface area contributed by atoms with Gasteiger partial charge in [0.25, 0.3) is 0 Å². The highest BCUT2D eigenvalue weighted by atomic mass is 15.2. The lowest BCUT2D eigenvalue weighted by molar-refractivity contribution is 1.28. The molecule has 3 heteroatoms. The van der Waals surface area contributed by atoms with Crippen LogP contribution in [0.3, 0.4) is 0 Å². The largest absolute Gasteiger partial charge is 0.311 e. The van der Waals surface area contributed by atoms with Crippen molar-refractivity contribution in [1.29, 1.82) is 0 Å². The van der Waals surface area contributed by atoms with Crippen molar-refractivity contribution >= 4 is 51.2 Å². The Morgan fingerprint density at radius 2 is 0.333 bits per heavy atom. The van der Waals surface area contributed by atoms with E-state index in [4.69, 9.17) is 1.37 Å². The van der Waals surface area contributed by atoms with Crippen molar-refractivity contribution in [3.05, 3.63) is 297 Å². The van der Waals surface area contributed by atoms with Crippen molar-refractivity contribution in [3.8, 4) is 44.5 Å². The number of benzene rings is 11. The number of hydrogen-bond acceptors (Lipinski definition) is 3. The lowest BCUT2D eigenvalue weighted by Gasteiger charge is -2.26. The van der Waals surface area contributed by atoms with Crippen LogP contribution in [0.15, 0.2) is 297 Å². The standard InChI is InChI=1S/C66H49N3/c1-6-16-50(17-7-1)52-26-38-61(39-27-52)67(58-20-10-3-11-21-58)63-42-30-54(31-43-63)56-34-46-65(47-35-56)69(60-24-14-5-15-25-60)66-48-36-57(37-49-66)55-32-44-64(45-33-55)68(59-22-12-4-13-23-59)62-40-28-53(29-41-62)51-18-8-2-9-19-51/h1-49H/i14T. The number of nitrogens with zero attached hydrogens (tertiary/aromatic N) is 3. The van der Waals surface area contributed by atoms with Crippen LogP contribution in [0.2, 0.25) is 0 Å². The van der Waals surface area contributed by atoms with Crippen LogP contribution >= 0.6 is 0 Å². The Kier molecular flexibility index (Phi) is 11.8. The van der Waals surface area contributed by atoms with Crippen LogP contribution in [-0.2, 0) is 0 Å². The molecule has 11 aromatic carbocycles. The second-order valence-corrected chi connectivity index (χ2v) is 17.0. The Morgan fingerprint density at radius 1 is 0.159 bits per heavy atom. The predicted molar refractivity (Wildman–Crippen MR) is 292 cm³/mol. The molecule has 0 fully saturated rings. The zero-order chi connectivity index (χ0) is 47.1. The maximum Gasteiger partial charge on any atom is 0.0623 e. The van der Waals surface area contributed by atoms with Crippen molar-refractivity contribution in [1.82, 2.24) is 0 Å². The van der Waals surface area contributed by atoms with Crippen LogP contribution in [0, 0.1) is 0 Å². The first-order valence-electron chi connectivity index (χ1n) is 23.9. The van der Waals surface area contributed by atoms with Crippen molar-refractivity contribution in [2.24, 2.45) is 0 Å². The van der Waals surface area contributed by atoms with Gasteiger partial charge in [-0.25, -0.2) is 0 Å². The minimum absolute atomic E-state index is 0.462. The number of anilines is 9. The summed E-state index contributed by atoms with van der Waals surface area (Å²) < 4.78 is 8.52. The summed E-state index contributed by atoms with van der Waals surface area (Å²) in [5.41, 5.74) is 18.8. The molecule has 3 nitrogen and oxygen atoms in total. The molecule has 0 bridgehead atoms. The van der Waals surface area contributed by atoms with Crippen LogP contribution in [0.25, 0.3) is 44.5 Å². The molecule has 328 valence electrons. The highest BCUT2D eigenvalue weighted by Gasteiger charge is 2.17. The minimum Gasteiger partial charge on any atom is -0.311 e. The third-order valence-electron chi connectivity index (χ3n) is 12.6. The van der Waals surface area contributed by atoms with E-state index >= 15 is 0 Å². The molecular weight excluding hydrogens is 835 g/mol. The Hall–Kier alpha value is -9.18.